The largest absolute Gasteiger partial charge is 0.486 e. The number of thiophene rings is 1. The molecule has 0 radical (unpaired) electrons. The molecule has 110 valence electrons. The molecular formula is C16H17NO3S. The Kier molecular flexibility index (Phi) is 3.84. The lowest BCUT2D eigenvalue weighted by Gasteiger charge is -2.29. The third-order valence-corrected chi connectivity index (χ3v) is 4.33. The van der Waals surface area contributed by atoms with E-state index in [1.807, 2.05) is 43.3 Å². The Labute approximate surface area is 127 Å². The highest BCUT2D eigenvalue weighted by Gasteiger charge is 2.24. The van der Waals surface area contributed by atoms with Gasteiger partial charge in [0.05, 0.1) is 11.4 Å². The minimum absolute atomic E-state index is 0.0237. The Morgan fingerprint density at radius 1 is 1.29 bits per heavy atom. The van der Waals surface area contributed by atoms with E-state index >= 15 is 0 Å². The van der Waals surface area contributed by atoms with Crippen LogP contribution in [0.15, 0.2) is 36.4 Å². The van der Waals surface area contributed by atoms with Gasteiger partial charge in [-0.1, -0.05) is 12.1 Å². The molecule has 4 nitrogen and oxygen atoms in total. The van der Waals surface area contributed by atoms with E-state index in [0.717, 1.165) is 21.3 Å². The summed E-state index contributed by atoms with van der Waals surface area (Å²) in [7, 11) is 1.79. The average Bonchev–Trinajstić information content (AvgIpc) is 2.93. The second-order valence-electron chi connectivity index (χ2n) is 5.09. The second-order valence-corrected chi connectivity index (χ2v) is 6.38. The molecule has 2 heterocycles. The number of benzene rings is 1. The van der Waals surface area contributed by atoms with Crippen LogP contribution in [0.5, 0.6) is 11.5 Å². The lowest BCUT2D eigenvalue weighted by atomic mass is 10.2. The summed E-state index contributed by atoms with van der Waals surface area (Å²) in [5.41, 5.74) is 0. The molecule has 0 fully saturated rings. The van der Waals surface area contributed by atoms with Crippen LogP contribution in [0.4, 0.5) is 0 Å². The van der Waals surface area contributed by atoms with Gasteiger partial charge in [-0.3, -0.25) is 4.79 Å². The number of fused-ring (bicyclic) bond motifs is 1. The summed E-state index contributed by atoms with van der Waals surface area (Å²) in [6.45, 7) is 2.96. The number of ether oxygens (including phenoxy) is 2. The van der Waals surface area contributed by atoms with E-state index in [2.05, 4.69) is 0 Å². The van der Waals surface area contributed by atoms with Crippen LogP contribution in [-0.4, -0.2) is 37.1 Å². The molecule has 0 bridgehead atoms. The van der Waals surface area contributed by atoms with Crippen LogP contribution in [0.3, 0.4) is 0 Å². The van der Waals surface area contributed by atoms with E-state index in [0.29, 0.717) is 13.2 Å². The molecule has 1 aromatic carbocycles. The van der Waals surface area contributed by atoms with Crippen LogP contribution in [0.1, 0.15) is 14.5 Å². The van der Waals surface area contributed by atoms with Gasteiger partial charge in [0.15, 0.2) is 17.6 Å². The van der Waals surface area contributed by atoms with Crippen molar-refractivity contribution >= 4 is 17.2 Å². The quantitative estimate of drug-likeness (QED) is 0.875. The zero-order chi connectivity index (χ0) is 14.8. The van der Waals surface area contributed by atoms with Crippen molar-refractivity contribution in [2.45, 2.75) is 13.0 Å². The first-order chi connectivity index (χ1) is 10.1. The highest BCUT2D eigenvalue weighted by molar-refractivity contribution is 7.13. The Hall–Kier alpha value is -2.01. The fourth-order valence-electron chi connectivity index (χ4n) is 2.28. The van der Waals surface area contributed by atoms with Gasteiger partial charge in [-0.05, 0) is 31.2 Å². The zero-order valence-corrected chi connectivity index (χ0v) is 12.9. The van der Waals surface area contributed by atoms with Crippen LogP contribution < -0.4 is 9.47 Å². The zero-order valence-electron chi connectivity index (χ0n) is 12.0. The third kappa shape index (κ3) is 3.03. The molecule has 21 heavy (non-hydrogen) atoms. The van der Waals surface area contributed by atoms with Crippen LogP contribution in [0.25, 0.3) is 0 Å². The summed E-state index contributed by atoms with van der Waals surface area (Å²) in [5.74, 6) is 1.52. The van der Waals surface area contributed by atoms with Crippen molar-refractivity contribution in [3.63, 3.8) is 0 Å². The molecule has 3 rings (SSSR count). The number of para-hydroxylation sites is 2. The molecule has 1 aromatic heterocycles. The average molecular weight is 303 g/mol. The minimum atomic E-state index is -0.144. The van der Waals surface area contributed by atoms with Gasteiger partial charge in [0.1, 0.15) is 6.61 Å². The molecule has 1 atom stereocenters. The van der Waals surface area contributed by atoms with Gasteiger partial charge in [0, 0.05) is 11.9 Å². The van der Waals surface area contributed by atoms with E-state index in [9.17, 15) is 4.79 Å². The summed E-state index contributed by atoms with van der Waals surface area (Å²) < 4.78 is 11.5. The standard InChI is InChI=1S/C16H17NO3S/c1-11-7-8-15(21-11)16(18)17(2)9-12-10-19-13-5-3-4-6-14(13)20-12/h3-8,12H,9-10H2,1-2H3. The molecule has 1 amide bonds. The maximum atomic E-state index is 12.3. The van der Waals surface area contributed by atoms with Crippen molar-refractivity contribution in [3.8, 4) is 11.5 Å². The fraction of sp³-hybridized carbons (Fsp3) is 0.312. The lowest BCUT2D eigenvalue weighted by Crippen LogP contribution is -2.41. The van der Waals surface area contributed by atoms with Gasteiger partial charge >= 0.3 is 0 Å². The van der Waals surface area contributed by atoms with Gasteiger partial charge in [-0.25, -0.2) is 0 Å². The SMILES string of the molecule is Cc1ccc(C(=O)N(C)CC2COc3ccccc3O2)s1. The molecule has 0 aliphatic carbocycles. The van der Waals surface area contributed by atoms with Crippen LogP contribution in [-0.2, 0) is 0 Å². The predicted molar refractivity (Wildman–Crippen MR) is 82.4 cm³/mol. The first kappa shape index (κ1) is 13.9. The number of nitrogens with zero attached hydrogens (tertiary/aromatic N) is 1. The van der Waals surface area contributed by atoms with Gasteiger partial charge < -0.3 is 14.4 Å². The first-order valence-corrected chi connectivity index (χ1v) is 7.65. The summed E-state index contributed by atoms with van der Waals surface area (Å²) in [4.78, 5) is 15.9. The Bertz CT molecular complexity index is 652. The van der Waals surface area contributed by atoms with Gasteiger partial charge in [-0.15, -0.1) is 11.3 Å². The topological polar surface area (TPSA) is 38.8 Å². The Morgan fingerprint density at radius 2 is 2.05 bits per heavy atom. The van der Waals surface area contributed by atoms with Crippen molar-refractivity contribution in [1.29, 1.82) is 0 Å². The summed E-state index contributed by atoms with van der Waals surface area (Å²) in [6.07, 6.45) is -0.144. The smallest absolute Gasteiger partial charge is 0.263 e. The van der Waals surface area contributed by atoms with Crippen molar-refractivity contribution < 1.29 is 14.3 Å². The van der Waals surface area contributed by atoms with Crippen molar-refractivity contribution in [1.82, 2.24) is 4.90 Å². The number of aryl methyl sites for hydroxylation is 1. The second kappa shape index (κ2) is 5.77. The highest BCUT2D eigenvalue weighted by atomic mass is 32.1. The number of hydrogen-bond donors (Lipinski definition) is 0. The predicted octanol–water partition coefficient (Wildman–Crippen LogP) is 2.97. The monoisotopic (exact) mass is 303 g/mol. The van der Waals surface area contributed by atoms with Gasteiger partial charge in [0.2, 0.25) is 0 Å². The number of likely N-dealkylation sites (N-methyl/N-ethyl adjacent to an activating group) is 1. The van der Waals surface area contributed by atoms with E-state index in [4.69, 9.17) is 9.47 Å². The molecule has 1 unspecified atom stereocenters. The summed E-state index contributed by atoms with van der Waals surface area (Å²) >= 11 is 1.51. The van der Waals surface area contributed by atoms with Crippen molar-refractivity contribution in [3.05, 3.63) is 46.2 Å². The van der Waals surface area contributed by atoms with Crippen LogP contribution in [0, 0.1) is 6.92 Å². The number of rotatable bonds is 3. The molecule has 0 spiro atoms. The Balaban J connectivity index is 1.63. The van der Waals surface area contributed by atoms with Crippen molar-refractivity contribution in [2.75, 3.05) is 20.2 Å². The lowest BCUT2D eigenvalue weighted by molar-refractivity contribution is 0.0524. The number of carbonyl (C=O) groups is 1. The first-order valence-electron chi connectivity index (χ1n) is 6.84. The summed E-state index contributed by atoms with van der Waals surface area (Å²) in [5, 5.41) is 0. The molecule has 1 aliphatic rings. The molecule has 0 saturated heterocycles. The molecule has 0 N–H and O–H groups in total. The molecule has 2 aromatic rings. The van der Waals surface area contributed by atoms with Gasteiger partial charge in [0.25, 0.3) is 5.91 Å². The molecular weight excluding hydrogens is 286 g/mol. The van der Waals surface area contributed by atoms with E-state index in [1.165, 1.54) is 11.3 Å². The molecule has 1 aliphatic heterocycles. The van der Waals surface area contributed by atoms with Crippen molar-refractivity contribution in [2.24, 2.45) is 0 Å². The normalized spacial score (nSPS) is 16.6. The van der Waals surface area contributed by atoms with Gasteiger partial charge in [-0.2, -0.15) is 0 Å². The maximum absolute atomic E-state index is 12.3. The highest BCUT2D eigenvalue weighted by Crippen LogP contribution is 2.31. The molecule has 5 heteroatoms. The van der Waals surface area contributed by atoms with E-state index in [1.54, 1.807) is 11.9 Å². The number of amides is 1. The summed E-state index contributed by atoms with van der Waals surface area (Å²) in [6, 6.07) is 11.4. The molecule has 0 saturated carbocycles. The van der Waals surface area contributed by atoms with Crippen LogP contribution >= 0.6 is 11.3 Å². The fourth-order valence-corrected chi connectivity index (χ4v) is 3.14. The number of hydrogen-bond acceptors (Lipinski definition) is 4. The Morgan fingerprint density at radius 3 is 2.76 bits per heavy atom. The maximum Gasteiger partial charge on any atom is 0.263 e. The minimum Gasteiger partial charge on any atom is -0.486 e. The van der Waals surface area contributed by atoms with E-state index in [-0.39, 0.29) is 12.0 Å². The van der Waals surface area contributed by atoms with E-state index < -0.39 is 0 Å². The number of carbonyl (C=O) groups excluding carboxylic acids is 1. The third-order valence-electron chi connectivity index (χ3n) is 3.34. The van der Waals surface area contributed by atoms with Crippen LogP contribution in [0.2, 0.25) is 0 Å².